The largest absolute Gasteiger partial charge is 0.379 e. The molecule has 0 atom stereocenters. The second-order valence-corrected chi connectivity index (χ2v) is 1.56. The normalized spacial score (nSPS) is 20.0. The van der Waals surface area contributed by atoms with Crippen LogP contribution < -0.4 is 25.7 Å². The summed E-state index contributed by atoms with van der Waals surface area (Å²) in [7, 11) is 8.37. The number of hydrogen-bond donors (Lipinski definition) is 5. The fourth-order valence-electron chi connectivity index (χ4n) is 0.449. The number of hydrogen-bond acceptors (Lipinski definition) is 5. The molecule has 5 nitrogen and oxygen atoms in total. The quantitative estimate of drug-likeness (QED) is 0.214. The Labute approximate surface area is 64.3 Å². The maximum Gasteiger partial charge on any atom is 0.284 e. The van der Waals surface area contributed by atoms with Crippen LogP contribution in [0.15, 0.2) is 0 Å². The van der Waals surface area contributed by atoms with Crippen LogP contribution in [0, 0.1) is 0 Å². The summed E-state index contributed by atoms with van der Waals surface area (Å²) in [4.78, 5) is 0. The summed E-state index contributed by atoms with van der Waals surface area (Å²) < 4.78 is 0. The van der Waals surface area contributed by atoms with Crippen molar-refractivity contribution in [2.75, 3.05) is 0 Å². The van der Waals surface area contributed by atoms with Crippen molar-refractivity contribution in [3.8, 4) is 0 Å². The molecular formula is H5B5N5. The van der Waals surface area contributed by atoms with Crippen LogP contribution in [-0.2, 0) is 0 Å². The average Bonchev–Trinajstić information content (AvgIpc) is 2.01. The lowest BCUT2D eigenvalue weighted by Crippen LogP contribution is -2.55. The van der Waals surface area contributed by atoms with E-state index in [-0.39, 0.29) is 0 Å². The highest BCUT2D eigenvalue weighted by Crippen LogP contribution is 1.47. The molecule has 1 heterocycles. The average molecular weight is 129 g/mol. The molecule has 0 aromatic rings. The summed E-state index contributed by atoms with van der Waals surface area (Å²) in [6.07, 6.45) is 0. The maximum atomic E-state index is 2.83. The van der Waals surface area contributed by atoms with Crippen LogP contribution in [0.4, 0.5) is 0 Å². The Bertz CT molecular complexity index is 43.2. The monoisotopic (exact) mass is 130 g/mol. The van der Waals surface area contributed by atoms with Crippen LogP contribution in [0.3, 0.4) is 0 Å². The van der Waals surface area contributed by atoms with E-state index in [1.165, 1.54) is 0 Å². The third kappa shape index (κ3) is 4.02. The Morgan fingerprint density at radius 1 is 0.400 bits per heavy atom. The van der Waals surface area contributed by atoms with Gasteiger partial charge in [0.15, 0.2) is 0 Å². The van der Waals surface area contributed by atoms with E-state index in [9.17, 15) is 0 Å². The predicted octanol–water partition coefficient (Wildman–Crippen LogP) is -4.38. The van der Waals surface area contributed by atoms with E-state index in [1.807, 2.05) is 0 Å². The van der Waals surface area contributed by atoms with Crippen LogP contribution in [0.2, 0.25) is 0 Å². The van der Waals surface area contributed by atoms with Crippen molar-refractivity contribution in [2.45, 2.75) is 0 Å². The van der Waals surface area contributed by atoms with Gasteiger partial charge in [0.1, 0.15) is 0 Å². The Morgan fingerprint density at radius 2 is 0.600 bits per heavy atom. The van der Waals surface area contributed by atoms with Gasteiger partial charge in [0.2, 0.25) is 0 Å². The van der Waals surface area contributed by atoms with Crippen molar-refractivity contribution in [3.05, 3.63) is 0 Å². The van der Waals surface area contributed by atoms with Crippen molar-refractivity contribution in [2.24, 2.45) is 0 Å². The highest BCUT2D eigenvalue weighted by molar-refractivity contribution is 6.65. The molecule has 0 unspecified atom stereocenters. The minimum atomic E-state index is 1.67. The molecule has 0 bridgehead atoms. The molecule has 1 rings (SSSR count). The second kappa shape index (κ2) is 5.88. The van der Waals surface area contributed by atoms with E-state index in [2.05, 4.69) is 25.7 Å². The zero-order chi connectivity index (χ0) is 7.07. The minimum Gasteiger partial charge on any atom is -0.379 e. The molecule has 1 aliphatic rings. The van der Waals surface area contributed by atoms with Crippen molar-refractivity contribution >= 4 is 37.7 Å². The lowest BCUT2D eigenvalue weighted by atomic mass is 9.85. The molecule has 10 heavy (non-hydrogen) atoms. The highest BCUT2D eigenvalue weighted by Gasteiger charge is 1.99. The first-order chi connectivity index (χ1) is 5.00. The lowest BCUT2D eigenvalue weighted by Gasteiger charge is -2.07. The van der Waals surface area contributed by atoms with Gasteiger partial charge in [0.05, 0.1) is 0 Å². The minimum absolute atomic E-state index is 1.67. The summed E-state index contributed by atoms with van der Waals surface area (Å²) in [5.74, 6) is 0. The number of rotatable bonds is 0. The molecule has 0 aromatic carbocycles. The van der Waals surface area contributed by atoms with Gasteiger partial charge in [-0.25, -0.2) is 0 Å². The molecule has 5 N–H and O–H groups in total. The van der Waals surface area contributed by atoms with Gasteiger partial charge in [0.25, 0.3) is 37.7 Å². The summed E-state index contributed by atoms with van der Waals surface area (Å²) >= 11 is 0. The zero-order valence-corrected chi connectivity index (χ0v) is 5.39. The van der Waals surface area contributed by atoms with E-state index < -0.39 is 0 Å². The Hall–Kier alpha value is 0.125. The first-order valence-electron chi connectivity index (χ1n) is 2.89. The van der Waals surface area contributed by atoms with Gasteiger partial charge in [-0.1, -0.05) is 0 Å². The zero-order valence-electron chi connectivity index (χ0n) is 5.39. The molecule has 1 saturated heterocycles. The van der Waals surface area contributed by atoms with Gasteiger partial charge in [-0.2, -0.15) is 0 Å². The topological polar surface area (TPSA) is 60.1 Å². The lowest BCUT2D eigenvalue weighted by molar-refractivity contribution is 1.28. The van der Waals surface area contributed by atoms with Crippen LogP contribution in [0.25, 0.3) is 0 Å². The molecule has 45 valence electrons. The van der Waals surface area contributed by atoms with Gasteiger partial charge in [-0.15, -0.1) is 0 Å². The first-order valence-corrected chi connectivity index (χ1v) is 2.89. The van der Waals surface area contributed by atoms with E-state index >= 15 is 0 Å². The fourth-order valence-corrected chi connectivity index (χ4v) is 0.449. The van der Waals surface area contributed by atoms with Gasteiger partial charge in [0, 0.05) is 0 Å². The molecule has 10 heteroatoms. The van der Waals surface area contributed by atoms with E-state index in [4.69, 9.17) is 0 Å². The maximum absolute atomic E-state index is 2.83. The summed E-state index contributed by atoms with van der Waals surface area (Å²) in [5.41, 5.74) is 0. The molecular weight excluding hydrogens is 124 g/mol. The molecule has 1 fully saturated rings. The van der Waals surface area contributed by atoms with Gasteiger partial charge >= 0.3 is 0 Å². The summed E-state index contributed by atoms with van der Waals surface area (Å²) in [6, 6.07) is 0. The first kappa shape index (κ1) is 8.22. The van der Waals surface area contributed by atoms with Crippen molar-refractivity contribution in [3.63, 3.8) is 0 Å². The second-order valence-electron chi connectivity index (χ2n) is 1.56. The van der Waals surface area contributed by atoms with Crippen molar-refractivity contribution in [1.82, 2.24) is 25.7 Å². The Balaban J connectivity index is 2.00. The summed E-state index contributed by atoms with van der Waals surface area (Å²) in [5, 5.41) is 14.1. The van der Waals surface area contributed by atoms with E-state index in [0.29, 0.717) is 0 Å². The van der Waals surface area contributed by atoms with Gasteiger partial charge < -0.3 is 25.7 Å². The van der Waals surface area contributed by atoms with Gasteiger partial charge in [-0.05, 0) is 0 Å². The van der Waals surface area contributed by atoms with Crippen LogP contribution in [-0.4, -0.2) is 37.7 Å². The Kier molecular flexibility index (Phi) is 4.83. The van der Waals surface area contributed by atoms with Crippen molar-refractivity contribution < 1.29 is 0 Å². The van der Waals surface area contributed by atoms with E-state index in [1.54, 1.807) is 37.7 Å². The molecule has 1 aliphatic heterocycles. The molecule has 5 radical (unpaired) electrons. The van der Waals surface area contributed by atoms with Gasteiger partial charge in [-0.3, -0.25) is 0 Å². The predicted molar refractivity (Wildman–Crippen MR) is 44.4 cm³/mol. The SMILES string of the molecule is [B]1N[B]N[B]N[B]N[B]N1. The molecule has 0 amide bonds. The third-order valence-electron chi connectivity index (χ3n) is 0.833. The van der Waals surface area contributed by atoms with E-state index in [0.717, 1.165) is 0 Å². The fraction of sp³-hybridized carbons (Fsp3) is 0. The molecule has 0 saturated carbocycles. The third-order valence-corrected chi connectivity index (χ3v) is 0.833. The molecule has 0 spiro atoms. The highest BCUT2D eigenvalue weighted by atomic mass is 15.0. The smallest absolute Gasteiger partial charge is 0.284 e. The standard InChI is InChI=1S/B5H5N5/c1-6-2-8-4-10-5-9-3-7-1/h6-10H. The Morgan fingerprint density at radius 3 is 0.800 bits per heavy atom. The summed E-state index contributed by atoms with van der Waals surface area (Å²) in [6.45, 7) is 0. The van der Waals surface area contributed by atoms with Crippen LogP contribution >= 0.6 is 0 Å². The van der Waals surface area contributed by atoms with Crippen LogP contribution in [0.5, 0.6) is 0 Å². The number of nitrogens with one attached hydrogen (secondary N) is 5. The molecule has 0 aliphatic carbocycles. The van der Waals surface area contributed by atoms with Crippen LogP contribution in [0.1, 0.15) is 0 Å². The van der Waals surface area contributed by atoms with Crippen molar-refractivity contribution in [1.29, 1.82) is 0 Å². The molecule has 0 aromatic heterocycles.